The zero-order valence-electron chi connectivity index (χ0n) is 19.3. The summed E-state index contributed by atoms with van der Waals surface area (Å²) in [5.74, 6) is 1.57. The summed E-state index contributed by atoms with van der Waals surface area (Å²) in [4.78, 5) is 29.9. The van der Waals surface area contributed by atoms with Crippen LogP contribution in [0.15, 0.2) is 65.1 Å². The number of carbonyl (C=O) groups is 2. The van der Waals surface area contributed by atoms with Gasteiger partial charge in [-0.25, -0.2) is 0 Å². The van der Waals surface area contributed by atoms with E-state index in [0.29, 0.717) is 43.5 Å². The summed E-state index contributed by atoms with van der Waals surface area (Å²) in [6.45, 7) is 2.37. The number of benzene rings is 2. The summed E-state index contributed by atoms with van der Waals surface area (Å²) in [5, 5.41) is 0. The smallest absolute Gasteiger partial charge is 0.289 e. The van der Waals surface area contributed by atoms with Crippen LogP contribution >= 0.6 is 11.8 Å². The number of amides is 2. The van der Waals surface area contributed by atoms with Crippen LogP contribution in [0.3, 0.4) is 0 Å². The van der Waals surface area contributed by atoms with Gasteiger partial charge in [0.2, 0.25) is 5.91 Å². The molecule has 0 bridgehead atoms. The third kappa shape index (κ3) is 4.03. The third-order valence-corrected chi connectivity index (χ3v) is 7.61. The first-order valence-electron chi connectivity index (χ1n) is 11.6. The number of nitrogens with zero attached hydrogens (tertiary/aromatic N) is 2. The molecule has 1 fully saturated rings. The molecule has 2 amide bonds. The molecule has 1 aromatic heterocycles. The lowest BCUT2D eigenvalue weighted by atomic mass is 9.74. The maximum absolute atomic E-state index is 13.2. The zero-order chi connectivity index (χ0) is 23.7. The number of thioether (sulfide) groups is 1. The molecule has 3 aromatic rings. The second kappa shape index (κ2) is 9.31. The predicted octanol–water partition coefficient (Wildman–Crippen LogP) is 4.29. The summed E-state index contributed by atoms with van der Waals surface area (Å²) >= 11 is 1.54. The number of hydrogen-bond donors (Lipinski definition) is 1. The van der Waals surface area contributed by atoms with Gasteiger partial charge in [0, 0.05) is 42.8 Å². The van der Waals surface area contributed by atoms with Gasteiger partial charge in [-0.1, -0.05) is 42.5 Å². The Morgan fingerprint density at radius 1 is 1.06 bits per heavy atom. The summed E-state index contributed by atoms with van der Waals surface area (Å²) < 4.78 is 5.90. The molecule has 2 N–H and O–H groups in total. The molecule has 2 aliphatic heterocycles. The molecule has 34 heavy (non-hydrogen) atoms. The molecule has 2 aliphatic rings. The van der Waals surface area contributed by atoms with Crippen molar-refractivity contribution in [3.05, 3.63) is 77.6 Å². The number of nitrogens with two attached hydrogens (primary N) is 1. The van der Waals surface area contributed by atoms with E-state index in [1.807, 2.05) is 64.6 Å². The van der Waals surface area contributed by atoms with Crippen LogP contribution < -0.4 is 10.6 Å². The van der Waals surface area contributed by atoms with Crippen molar-refractivity contribution in [2.75, 3.05) is 36.5 Å². The van der Waals surface area contributed by atoms with Gasteiger partial charge in [0.05, 0.1) is 5.75 Å². The Labute approximate surface area is 204 Å². The number of rotatable bonds is 5. The Balaban J connectivity index is 1.35. The van der Waals surface area contributed by atoms with Crippen molar-refractivity contribution in [2.24, 2.45) is 5.73 Å². The number of piperidine rings is 1. The van der Waals surface area contributed by atoms with E-state index in [4.69, 9.17) is 10.2 Å². The lowest BCUT2D eigenvalue weighted by molar-refractivity contribution is -0.116. The fourth-order valence-corrected chi connectivity index (χ4v) is 5.60. The van der Waals surface area contributed by atoms with Crippen LogP contribution in [0.25, 0.3) is 11.3 Å². The van der Waals surface area contributed by atoms with E-state index in [2.05, 4.69) is 6.07 Å². The monoisotopic (exact) mass is 475 g/mol. The molecule has 0 radical (unpaired) electrons. The highest BCUT2D eigenvalue weighted by molar-refractivity contribution is 7.99. The molecule has 0 atom stereocenters. The fraction of sp³-hybridized carbons (Fsp3) is 0.333. The second-order valence-electron chi connectivity index (χ2n) is 9.07. The highest BCUT2D eigenvalue weighted by Gasteiger charge is 2.47. The van der Waals surface area contributed by atoms with Crippen LogP contribution in [0, 0.1) is 0 Å². The lowest BCUT2D eigenvalue weighted by Gasteiger charge is -2.39. The van der Waals surface area contributed by atoms with Gasteiger partial charge in [0.1, 0.15) is 5.76 Å². The van der Waals surface area contributed by atoms with E-state index in [1.54, 1.807) is 17.8 Å². The summed E-state index contributed by atoms with van der Waals surface area (Å²) in [7, 11) is 0. The molecular weight excluding hydrogens is 446 g/mol. The first-order chi connectivity index (χ1) is 16.5. The summed E-state index contributed by atoms with van der Waals surface area (Å²) in [6, 6.07) is 19.6. The fourth-order valence-electron chi connectivity index (χ4n) is 5.20. The quantitative estimate of drug-likeness (QED) is 0.596. The van der Waals surface area contributed by atoms with E-state index in [1.165, 1.54) is 5.56 Å². The van der Waals surface area contributed by atoms with E-state index >= 15 is 0 Å². The number of fused-ring (bicyclic) bond motifs is 2. The first kappa shape index (κ1) is 22.7. The summed E-state index contributed by atoms with van der Waals surface area (Å²) in [6.07, 6.45) is 3.55. The standard InChI is InChI=1S/C27H29N3O3S/c1-34-17-25(31)30-18-27(21-15-19(16-28)7-8-22(21)30)11-13-29(14-12-27)26(32)24-10-9-23(33-24)20-5-3-2-4-6-20/h2-10,15H,11-14,16-18,28H2,1H3. The molecule has 0 aliphatic carbocycles. The normalized spacial score (nSPS) is 16.6. The van der Waals surface area contributed by atoms with Gasteiger partial charge >= 0.3 is 0 Å². The highest BCUT2D eigenvalue weighted by atomic mass is 32.2. The van der Waals surface area contributed by atoms with Crippen molar-refractivity contribution in [1.82, 2.24) is 4.90 Å². The van der Waals surface area contributed by atoms with Gasteiger partial charge in [-0.3, -0.25) is 9.59 Å². The van der Waals surface area contributed by atoms with E-state index < -0.39 is 0 Å². The third-order valence-electron chi connectivity index (χ3n) is 7.07. The SMILES string of the molecule is CSCC(=O)N1CC2(CCN(C(=O)c3ccc(-c4ccccc4)o3)CC2)c2cc(CN)ccc21. The van der Waals surface area contributed by atoms with Crippen LogP contribution in [0.5, 0.6) is 0 Å². The molecule has 2 aromatic carbocycles. The van der Waals surface area contributed by atoms with Crippen LogP contribution in [0.2, 0.25) is 0 Å². The molecule has 0 unspecified atom stereocenters. The highest BCUT2D eigenvalue weighted by Crippen LogP contribution is 2.47. The largest absolute Gasteiger partial charge is 0.451 e. The Morgan fingerprint density at radius 3 is 2.53 bits per heavy atom. The Kier molecular flexibility index (Phi) is 6.23. The number of carbonyl (C=O) groups excluding carboxylic acids is 2. The van der Waals surface area contributed by atoms with E-state index in [-0.39, 0.29) is 17.2 Å². The molecule has 6 nitrogen and oxygen atoms in total. The van der Waals surface area contributed by atoms with Gasteiger partial charge in [-0.15, -0.1) is 0 Å². The predicted molar refractivity (Wildman–Crippen MR) is 136 cm³/mol. The maximum Gasteiger partial charge on any atom is 0.289 e. The zero-order valence-corrected chi connectivity index (χ0v) is 20.1. The number of anilines is 1. The topological polar surface area (TPSA) is 79.8 Å². The average molecular weight is 476 g/mol. The molecule has 0 saturated carbocycles. The van der Waals surface area contributed by atoms with Crippen LogP contribution in [0.1, 0.15) is 34.5 Å². The second-order valence-corrected chi connectivity index (χ2v) is 9.94. The van der Waals surface area contributed by atoms with Gasteiger partial charge in [-0.2, -0.15) is 11.8 Å². The van der Waals surface area contributed by atoms with Crippen molar-refractivity contribution in [2.45, 2.75) is 24.8 Å². The molecule has 7 heteroatoms. The van der Waals surface area contributed by atoms with Gasteiger partial charge in [0.25, 0.3) is 5.91 Å². The number of hydrogen-bond acceptors (Lipinski definition) is 5. The minimum Gasteiger partial charge on any atom is -0.451 e. The molecule has 3 heterocycles. The van der Waals surface area contributed by atoms with E-state index in [0.717, 1.165) is 29.7 Å². The summed E-state index contributed by atoms with van der Waals surface area (Å²) in [5.41, 5.74) is 9.99. The van der Waals surface area contributed by atoms with Crippen LogP contribution in [-0.4, -0.2) is 48.4 Å². The van der Waals surface area contributed by atoms with Crippen molar-refractivity contribution in [3.8, 4) is 11.3 Å². The molecule has 1 saturated heterocycles. The molecule has 5 rings (SSSR count). The molecule has 1 spiro atoms. The van der Waals surface area contributed by atoms with Gasteiger partial charge in [0.15, 0.2) is 5.76 Å². The van der Waals surface area contributed by atoms with Gasteiger partial charge in [-0.05, 0) is 48.4 Å². The van der Waals surface area contributed by atoms with Crippen molar-refractivity contribution in [1.29, 1.82) is 0 Å². The van der Waals surface area contributed by atoms with Crippen molar-refractivity contribution in [3.63, 3.8) is 0 Å². The average Bonchev–Trinajstić information content (AvgIpc) is 3.49. The first-order valence-corrected chi connectivity index (χ1v) is 13.0. The number of likely N-dealkylation sites (tertiary alicyclic amines) is 1. The maximum atomic E-state index is 13.2. The Morgan fingerprint density at radius 2 is 1.82 bits per heavy atom. The molecular formula is C27H29N3O3S. The number of furan rings is 1. The van der Waals surface area contributed by atoms with Crippen LogP contribution in [0.4, 0.5) is 5.69 Å². The van der Waals surface area contributed by atoms with Crippen molar-refractivity contribution < 1.29 is 14.0 Å². The van der Waals surface area contributed by atoms with E-state index in [9.17, 15) is 9.59 Å². The lowest BCUT2D eigenvalue weighted by Crippen LogP contribution is -2.48. The Bertz CT molecular complexity index is 1200. The van der Waals surface area contributed by atoms with Gasteiger partial charge < -0.3 is 20.0 Å². The Hall–Kier alpha value is -3.03. The molecule has 176 valence electrons. The van der Waals surface area contributed by atoms with Crippen molar-refractivity contribution >= 4 is 29.3 Å². The minimum atomic E-state index is -0.149. The minimum absolute atomic E-state index is 0.0822. The van der Waals surface area contributed by atoms with Crippen LogP contribution in [-0.2, 0) is 16.8 Å².